The lowest BCUT2D eigenvalue weighted by Crippen LogP contribution is -2.31. The summed E-state index contributed by atoms with van der Waals surface area (Å²) in [4.78, 5) is 12.3. The molecule has 124 valence electrons. The summed E-state index contributed by atoms with van der Waals surface area (Å²) in [6.07, 6.45) is 5.15. The number of carbonyl (C=O) groups excluding carboxylic acids is 1. The second-order valence-electron chi connectivity index (χ2n) is 5.18. The van der Waals surface area contributed by atoms with E-state index in [4.69, 9.17) is 9.15 Å². The molecule has 1 N–H and O–H groups in total. The SMILES string of the molecule is CCOc1ccc(C(=O)NCC(c2ccco2)n2cccn2)cc1. The molecule has 6 nitrogen and oxygen atoms in total. The molecule has 2 heterocycles. The number of hydrogen-bond donors (Lipinski definition) is 1. The molecule has 3 aromatic rings. The van der Waals surface area contributed by atoms with Crippen molar-refractivity contribution in [3.8, 4) is 5.75 Å². The number of furan rings is 1. The highest BCUT2D eigenvalue weighted by atomic mass is 16.5. The summed E-state index contributed by atoms with van der Waals surface area (Å²) in [7, 11) is 0. The molecule has 2 aromatic heterocycles. The van der Waals surface area contributed by atoms with E-state index in [0.717, 1.165) is 11.5 Å². The number of carbonyl (C=O) groups is 1. The summed E-state index contributed by atoms with van der Waals surface area (Å²) < 4.78 is 12.6. The molecule has 0 aliphatic carbocycles. The molecule has 0 saturated carbocycles. The van der Waals surface area contributed by atoms with E-state index in [-0.39, 0.29) is 11.9 Å². The van der Waals surface area contributed by atoms with Crippen molar-refractivity contribution in [2.45, 2.75) is 13.0 Å². The van der Waals surface area contributed by atoms with E-state index >= 15 is 0 Å². The van der Waals surface area contributed by atoms with E-state index in [1.165, 1.54) is 0 Å². The van der Waals surface area contributed by atoms with Crippen molar-refractivity contribution in [1.29, 1.82) is 0 Å². The summed E-state index contributed by atoms with van der Waals surface area (Å²) in [6.45, 7) is 2.89. The van der Waals surface area contributed by atoms with E-state index in [0.29, 0.717) is 18.7 Å². The first-order valence-corrected chi connectivity index (χ1v) is 7.81. The lowest BCUT2D eigenvalue weighted by atomic mass is 10.2. The van der Waals surface area contributed by atoms with Crippen LogP contribution in [0.2, 0.25) is 0 Å². The number of nitrogens with one attached hydrogen (secondary N) is 1. The topological polar surface area (TPSA) is 69.3 Å². The van der Waals surface area contributed by atoms with Crippen LogP contribution >= 0.6 is 0 Å². The minimum absolute atomic E-state index is 0.151. The maximum Gasteiger partial charge on any atom is 0.251 e. The van der Waals surface area contributed by atoms with Crippen molar-refractivity contribution < 1.29 is 13.9 Å². The Morgan fingerprint density at radius 3 is 2.75 bits per heavy atom. The minimum Gasteiger partial charge on any atom is -0.494 e. The third kappa shape index (κ3) is 3.65. The Morgan fingerprint density at radius 1 is 1.29 bits per heavy atom. The first-order chi connectivity index (χ1) is 11.8. The average Bonchev–Trinajstić information content (AvgIpc) is 3.30. The second-order valence-corrected chi connectivity index (χ2v) is 5.18. The highest BCUT2D eigenvalue weighted by Gasteiger charge is 2.18. The molecule has 0 spiro atoms. The van der Waals surface area contributed by atoms with Gasteiger partial charge in [0.2, 0.25) is 0 Å². The number of nitrogens with zero attached hydrogens (tertiary/aromatic N) is 2. The van der Waals surface area contributed by atoms with E-state index < -0.39 is 0 Å². The molecule has 0 saturated heterocycles. The fourth-order valence-electron chi connectivity index (χ4n) is 2.43. The predicted octanol–water partition coefficient (Wildman–Crippen LogP) is 2.89. The van der Waals surface area contributed by atoms with Gasteiger partial charge in [-0.2, -0.15) is 5.10 Å². The Kier molecular flexibility index (Phi) is 4.96. The second kappa shape index (κ2) is 7.50. The van der Waals surface area contributed by atoms with Crippen LogP contribution in [0.3, 0.4) is 0 Å². The molecule has 1 atom stereocenters. The molecule has 6 heteroatoms. The Bertz CT molecular complexity index is 715. The minimum atomic E-state index is -0.193. The van der Waals surface area contributed by atoms with Crippen LogP contribution in [0.1, 0.15) is 29.1 Å². The van der Waals surface area contributed by atoms with Gasteiger partial charge in [-0.05, 0) is 49.4 Å². The van der Waals surface area contributed by atoms with Crippen LogP contribution in [0.15, 0.2) is 65.5 Å². The summed E-state index contributed by atoms with van der Waals surface area (Å²) in [5.41, 5.74) is 0.581. The van der Waals surface area contributed by atoms with Gasteiger partial charge >= 0.3 is 0 Å². The molecule has 24 heavy (non-hydrogen) atoms. The standard InChI is InChI=1S/C18H19N3O3/c1-2-23-15-8-6-14(7-9-15)18(22)19-13-16(17-5-3-12-24-17)21-11-4-10-20-21/h3-12,16H,2,13H2,1H3,(H,19,22). The molecular weight excluding hydrogens is 306 g/mol. The zero-order valence-electron chi connectivity index (χ0n) is 13.4. The maximum atomic E-state index is 12.3. The summed E-state index contributed by atoms with van der Waals surface area (Å²) in [5, 5.41) is 7.17. The largest absolute Gasteiger partial charge is 0.494 e. The smallest absolute Gasteiger partial charge is 0.251 e. The van der Waals surface area contributed by atoms with Crippen molar-refractivity contribution in [3.63, 3.8) is 0 Å². The van der Waals surface area contributed by atoms with Gasteiger partial charge in [-0.3, -0.25) is 9.48 Å². The number of benzene rings is 1. The van der Waals surface area contributed by atoms with Crippen LogP contribution in [-0.2, 0) is 0 Å². The number of aromatic nitrogens is 2. The fourth-order valence-corrected chi connectivity index (χ4v) is 2.43. The fraction of sp³-hybridized carbons (Fsp3) is 0.222. The van der Waals surface area contributed by atoms with Gasteiger partial charge in [0.05, 0.1) is 12.9 Å². The molecule has 0 radical (unpaired) electrons. The van der Waals surface area contributed by atoms with Crippen LogP contribution in [0.25, 0.3) is 0 Å². The monoisotopic (exact) mass is 325 g/mol. The van der Waals surface area contributed by atoms with Gasteiger partial charge in [-0.1, -0.05) is 0 Å². The van der Waals surface area contributed by atoms with Crippen LogP contribution < -0.4 is 10.1 Å². The van der Waals surface area contributed by atoms with Gasteiger partial charge < -0.3 is 14.5 Å². The van der Waals surface area contributed by atoms with E-state index in [1.807, 2.05) is 31.3 Å². The maximum absolute atomic E-state index is 12.3. The van der Waals surface area contributed by atoms with Crippen LogP contribution in [0.4, 0.5) is 0 Å². The van der Waals surface area contributed by atoms with Crippen molar-refractivity contribution in [1.82, 2.24) is 15.1 Å². The molecule has 0 bridgehead atoms. The third-order valence-electron chi connectivity index (χ3n) is 3.60. The van der Waals surface area contributed by atoms with E-state index in [9.17, 15) is 4.79 Å². The molecule has 0 aliphatic rings. The predicted molar refractivity (Wildman–Crippen MR) is 89.0 cm³/mol. The van der Waals surface area contributed by atoms with E-state index in [1.54, 1.807) is 41.4 Å². The van der Waals surface area contributed by atoms with Crippen molar-refractivity contribution in [3.05, 3.63) is 72.4 Å². The number of rotatable bonds is 7. The first kappa shape index (κ1) is 15.9. The Hall–Kier alpha value is -3.02. The lowest BCUT2D eigenvalue weighted by molar-refractivity contribution is 0.0948. The molecule has 0 aliphatic heterocycles. The van der Waals surface area contributed by atoms with Crippen LogP contribution in [0.5, 0.6) is 5.75 Å². The quantitative estimate of drug-likeness (QED) is 0.725. The average molecular weight is 325 g/mol. The van der Waals surface area contributed by atoms with Gasteiger partial charge in [0, 0.05) is 24.5 Å². The molecule has 3 rings (SSSR count). The van der Waals surface area contributed by atoms with Crippen LogP contribution in [0, 0.1) is 0 Å². The molecular formula is C18H19N3O3. The lowest BCUT2D eigenvalue weighted by Gasteiger charge is -2.16. The molecule has 1 unspecified atom stereocenters. The molecule has 0 fully saturated rings. The van der Waals surface area contributed by atoms with Gasteiger partial charge in [0.15, 0.2) is 0 Å². The normalized spacial score (nSPS) is 11.9. The summed E-state index contributed by atoms with van der Waals surface area (Å²) in [5.74, 6) is 1.34. The third-order valence-corrected chi connectivity index (χ3v) is 3.60. The molecule has 1 aromatic carbocycles. The number of hydrogen-bond acceptors (Lipinski definition) is 4. The van der Waals surface area contributed by atoms with Crippen molar-refractivity contribution in [2.75, 3.05) is 13.2 Å². The Labute approximate surface area is 140 Å². The Morgan fingerprint density at radius 2 is 2.12 bits per heavy atom. The van der Waals surface area contributed by atoms with Gasteiger partial charge in [-0.25, -0.2) is 0 Å². The van der Waals surface area contributed by atoms with Gasteiger partial charge in [0.25, 0.3) is 5.91 Å². The van der Waals surface area contributed by atoms with Crippen molar-refractivity contribution in [2.24, 2.45) is 0 Å². The highest BCUT2D eigenvalue weighted by molar-refractivity contribution is 5.94. The highest BCUT2D eigenvalue weighted by Crippen LogP contribution is 2.17. The Balaban J connectivity index is 1.67. The zero-order valence-corrected chi connectivity index (χ0v) is 13.4. The van der Waals surface area contributed by atoms with Crippen LogP contribution in [-0.4, -0.2) is 28.8 Å². The number of amides is 1. The summed E-state index contributed by atoms with van der Waals surface area (Å²) in [6, 6.07) is 12.4. The van der Waals surface area contributed by atoms with Crippen molar-refractivity contribution >= 4 is 5.91 Å². The van der Waals surface area contributed by atoms with Gasteiger partial charge in [0.1, 0.15) is 17.6 Å². The first-order valence-electron chi connectivity index (χ1n) is 7.81. The number of ether oxygens (including phenoxy) is 1. The zero-order chi connectivity index (χ0) is 16.8. The van der Waals surface area contributed by atoms with E-state index in [2.05, 4.69) is 10.4 Å². The molecule has 1 amide bonds. The van der Waals surface area contributed by atoms with Gasteiger partial charge in [-0.15, -0.1) is 0 Å². The summed E-state index contributed by atoms with van der Waals surface area (Å²) >= 11 is 0.